The first-order valence-electron chi connectivity index (χ1n) is 9.50. The molecule has 3 rings (SSSR count). The fourth-order valence-corrected chi connectivity index (χ4v) is 3.22. The summed E-state index contributed by atoms with van der Waals surface area (Å²) in [7, 11) is 1.83. The standard InChI is InChI=1S/C21H29N5O.HI/c1-17-7-6-8-19(15-17)27-18(2)16-24-21(22-3)26-13-11-25(12-14-26)20-9-4-5-10-23-20;/h4-10,15,18H,11-14,16H2,1-3H3,(H,22,24);1H. The number of pyridine rings is 1. The Kier molecular flexibility index (Phi) is 8.82. The topological polar surface area (TPSA) is 53.0 Å². The van der Waals surface area contributed by atoms with Crippen molar-refractivity contribution in [3.8, 4) is 5.75 Å². The van der Waals surface area contributed by atoms with Gasteiger partial charge in [-0.05, 0) is 43.7 Å². The number of anilines is 1. The third-order valence-corrected chi connectivity index (χ3v) is 4.64. The summed E-state index contributed by atoms with van der Waals surface area (Å²) in [6, 6.07) is 14.2. The molecule has 1 aliphatic rings. The fourth-order valence-electron chi connectivity index (χ4n) is 3.22. The van der Waals surface area contributed by atoms with Gasteiger partial charge in [0.15, 0.2) is 5.96 Å². The Morgan fingerprint density at radius 2 is 1.96 bits per heavy atom. The van der Waals surface area contributed by atoms with Gasteiger partial charge in [0.2, 0.25) is 0 Å². The van der Waals surface area contributed by atoms with Crippen LogP contribution in [-0.4, -0.2) is 61.7 Å². The quantitative estimate of drug-likeness (QED) is 0.393. The first kappa shape index (κ1) is 22.3. The molecule has 1 aromatic carbocycles. The molecule has 0 spiro atoms. The van der Waals surface area contributed by atoms with Gasteiger partial charge in [0, 0.05) is 39.4 Å². The minimum atomic E-state index is 0. The Balaban J connectivity index is 0.00000280. The van der Waals surface area contributed by atoms with Gasteiger partial charge in [-0.15, -0.1) is 24.0 Å². The molecule has 1 N–H and O–H groups in total. The summed E-state index contributed by atoms with van der Waals surface area (Å²) in [5, 5.41) is 3.45. The van der Waals surface area contributed by atoms with Gasteiger partial charge in [-0.25, -0.2) is 4.98 Å². The van der Waals surface area contributed by atoms with E-state index in [1.54, 1.807) is 0 Å². The summed E-state index contributed by atoms with van der Waals surface area (Å²) < 4.78 is 6.00. The van der Waals surface area contributed by atoms with Crippen LogP contribution in [0.25, 0.3) is 0 Å². The molecule has 2 aromatic rings. The van der Waals surface area contributed by atoms with E-state index in [0.29, 0.717) is 6.54 Å². The van der Waals surface area contributed by atoms with E-state index in [2.05, 4.69) is 57.1 Å². The first-order chi connectivity index (χ1) is 13.2. The van der Waals surface area contributed by atoms with Gasteiger partial charge < -0.3 is 19.9 Å². The number of aliphatic imine (C=N–C) groups is 1. The van der Waals surface area contributed by atoms with Crippen molar-refractivity contribution >= 4 is 35.8 Å². The maximum Gasteiger partial charge on any atom is 0.193 e. The summed E-state index contributed by atoms with van der Waals surface area (Å²) in [5.41, 5.74) is 1.20. The SMILES string of the molecule is CN=C(NCC(C)Oc1cccc(C)c1)N1CCN(c2ccccn2)CC1.I. The predicted molar refractivity (Wildman–Crippen MR) is 126 cm³/mol. The summed E-state index contributed by atoms with van der Waals surface area (Å²) in [5.74, 6) is 2.87. The number of piperazine rings is 1. The molecule has 1 fully saturated rings. The zero-order chi connectivity index (χ0) is 19.1. The lowest BCUT2D eigenvalue weighted by Crippen LogP contribution is -2.53. The zero-order valence-corrected chi connectivity index (χ0v) is 19.2. The lowest BCUT2D eigenvalue weighted by atomic mass is 10.2. The molecule has 0 bridgehead atoms. The molecule has 28 heavy (non-hydrogen) atoms. The Hall–Kier alpha value is -2.03. The highest BCUT2D eigenvalue weighted by atomic mass is 127. The molecule has 1 aromatic heterocycles. The molecule has 152 valence electrons. The van der Waals surface area contributed by atoms with E-state index in [1.165, 1.54) is 5.56 Å². The predicted octanol–water partition coefficient (Wildman–Crippen LogP) is 3.17. The van der Waals surface area contributed by atoms with Gasteiger partial charge >= 0.3 is 0 Å². The molecule has 1 saturated heterocycles. The number of hydrogen-bond donors (Lipinski definition) is 1. The molecule has 2 heterocycles. The zero-order valence-electron chi connectivity index (χ0n) is 16.8. The number of benzene rings is 1. The van der Waals surface area contributed by atoms with E-state index in [1.807, 2.05) is 37.5 Å². The van der Waals surface area contributed by atoms with E-state index in [4.69, 9.17) is 4.74 Å². The van der Waals surface area contributed by atoms with Crippen LogP contribution in [0.4, 0.5) is 5.82 Å². The molecule has 1 aliphatic heterocycles. The third-order valence-electron chi connectivity index (χ3n) is 4.64. The number of guanidine groups is 1. The van der Waals surface area contributed by atoms with Gasteiger partial charge in [-0.1, -0.05) is 18.2 Å². The maximum absolute atomic E-state index is 6.00. The molecule has 0 radical (unpaired) electrons. The molecule has 1 unspecified atom stereocenters. The van der Waals surface area contributed by atoms with Crippen molar-refractivity contribution in [2.75, 3.05) is 44.7 Å². The number of aromatic nitrogens is 1. The van der Waals surface area contributed by atoms with Crippen molar-refractivity contribution < 1.29 is 4.74 Å². The van der Waals surface area contributed by atoms with Gasteiger partial charge in [0.25, 0.3) is 0 Å². The minimum Gasteiger partial charge on any atom is -0.489 e. The van der Waals surface area contributed by atoms with E-state index < -0.39 is 0 Å². The highest BCUT2D eigenvalue weighted by Crippen LogP contribution is 2.14. The summed E-state index contributed by atoms with van der Waals surface area (Å²) in [6.07, 6.45) is 1.90. The molecular weight excluding hydrogens is 465 g/mol. The molecule has 6 nitrogen and oxygen atoms in total. The highest BCUT2D eigenvalue weighted by Gasteiger charge is 2.20. The number of aryl methyl sites for hydroxylation is 1. The Morgan fingerprint density at radius 3 is 2.61 bits per heavy atom. The van der Waals surface area contributed by atoms with Gasteiger partial charge in [0.1, 0.15) is 17.7 Å². The van der Waals surface area contributed by atoms with E-state index >= 15 is 0 Å². The van der Waals surface area contributed by atoms with Crippen molar-refractivity contribution in [2.24, 2.45) is 4.99 Å². The van der Waals surface area contributed by atoms with Crippen LogP contribution in [0.5, 0.6) is 5.75 Å². The van der Waals surface area contributed by atoms with Gasteiger partial charge in [-0.2, -0.15) is 0 Å². The average molecular weight is 495 g/mol. The van der Waals surface area contributed by atoms with Crippen LogP contribution >= 0.6 is 24.0 Å². The number of rotatable bonds is 5. The number of halogens is 1. The molecule has 0 aliphatic carbocycles. The molecule has 1 atom stereocenters. The minimum absolute atomic E-state index is 0. The molecule has 7 heteroatoms. The van der Waals surface area contributed by atoms with Crippen LogP contribution in [0.3, 0.4) is 0 Å². The Morgan fingerprint density at radius 1 is 1.18 bits per heavy atom. The number of ether oxygens (including phenoxy) is 1. The van der Waals surface area contributed by atoms with E-state index in [0.717, 1.165) is 43.7 Å². The average Bonchev–Trinajstić information content (AvgIpc) is 2.69. The summed E-state index contributed by atoms with van der Waals surface area (Å²) >= 11 is 0. The Labute approximate surface area is 185 Å². The summed E-state index contributed by atoms with van der Waals surface area (Å²) in [4.78, 5) is 13.5. The lowest BCUT2D eigenvalue weighted by Gasteiger charge is -2.37. The van der Waals surface area contributed by atoms with Gasteiger partial charge in [0.05, 0.1) is 6.54 Å². The number of hydrogen-bond acceptors (Lipinski definition) is 4. The third kappa shape index (κ3) is 6.25. The van der Waals surface area contributed by atoms with Crippen LogP contribution in [0.15, 0.2) is 53.7 Å². The van der Waals surface area contributed by atoms with Crippen LogP contribution in [0.1, 0.15) is 12.5 Å². The van der Waals surface area contributed by atoms with Gasteiger partial charge in [-0.3, -0.25) is 4.99 Å². The van der Waals surface area contributed by atoms with Crippen molar-refractivity contribution in [1.29, 1.82) is 0 Å². The van der Waals surface area contributed by atoms with Crippen molar-refractivity contribution in [3.63, 3.8) is 0 Å². The van der Waals surface area contributed by atoms with E-state index in [9.17, 15) is 0 Å². The van der Waals surface area contributed by atoms with E-state index in [-0.39, 0.29) is 30.1 Å². The molecular formula is C21H30IN5O. The Bertz CT molecular complexity index is 747. The normalized spacial score (nSPS) is 15.6. The van der Waals surface area contributed by atoms with Crippen LogP contribution in [0.2, 0.25) is 0 Å². The molecule has 0 amide bonds. The fraction of sp³-hybridized carbons (Fsp3) is 0.429. The first-order valence-corrected chi connectivity index (χ1v) is 9.50. The van der Waals surface area contributed by atoms with Crippen molar-refractivity contribution in [1.82, 2.24) is 15.2 Å². The second-order valence-electron chi connectivity index (χ2n) is 6.84. The number of nitrogens with one attached hydrogen (secondary N) is 1. The second-order valence-corrected chi connectivity index (χ2v) is 6.84. The van der Waals surface area contributed by atoms with Crippen molar-refractivity contribution in [2.45, 2.75) is 20.0 Å². The van der Waals surface area contributed by atoms with Crippen LogP contribution in [0, 0.1) is 6.92 Å². The lowest BCUT2D eigenvalue weighted by molar-refractivity contribution is 0.221. The van der Waals surface area contributed by atoms with Crippen molar-refractivity contribution in [3.05, 3.63) is 54.2 Å². The summed E-state index contributed by atoms with van der Waals surface area (Å²) in [6.45, 7) is 8.57. The molecule has 0 saturated carbocycles. The van der Waals surface area contributed by atoms with Crippen LogP contribution < -0.4 is 15.0 Å². The smallest absolute Gasteiger partial charge is 0.193 e. The monoisotopic (exact) mass is 495 g/mol. The maximum atomic E-state index is 6.00. The number of nitrogens with zero attached hydrogens (tertiary/aromatic N) is 4. The largest absolute Gasteiger partial charge is 0.489 e. The highest BCUT2D eigenvalue weighted by molar-refractivity contribution is 14.0. The second kappa shape index (κ2) is 11.1. The van der Waals surface area contributed by atoms with Crippen LogP contribution in [-0.2, 0) is 0 Å².